The molecule has 0 unspecified atom stereocenters. The number of aromatic nitrogens is 6. The van der Waals surface area contributed by atoms with Crippen LogP contribution in [0.15, 0.2) is 194 Å². The molecule has 0 saturated heterocycles. The Morgan fingerprint density at radius 1 is 0.349 bits per heavy atom. The van der Waals surface area contributed by atoms with Gasteiger partial charge < -0.3 is 4.57 Å². The van der Waals surface area contributed by atoms with Crippen molar-refractivity contribution in [1.29, 1.82) is 0 Å². The standard InChI is InChI=1S/C55H32N6S2/c1-4-15-33(16-5-1)49-51-50(39-22-11-13-25-45(39)63-51)57-55(56-49)40-23-14-26-47-48(40)42-32-36(28-30-46(42)62-47)54-59-52(34-17-6-2-7-18-34)58-53(60-54)35-27-29-44-41(31-35)38-21-10-12-24-43(38)61(44)37-19-8-3-9-20-37/h1-32H. The summed E-state index contributed by atoms with van der Waals surface area (Å²) in [5.74, 6) is 2.56. The van der Waals surface area contributed by atoms with Gasteiger partial charge in [-0.25, -0.2) is 24.9 Å². The van der Waals surface area contributed by atoms with Crippen LogP contribution in [0.3, 0.4) is 0 Å². The number of benzene rings is 8. The van der Waals surface area contributed by atoms with Crippen molar-refractivity contribution >= 4 is 85.0 Å². The molecule has 0 bridgehead atoms. The Bertz CT molecular complexity index is 3910. The molecule has 0 N–H and O–H groups in total. The van der Waals surface area contributed by atoms with E-state index in [9.17, 15) is 0 Å². The summed E-state index contributed by atoms with van der Waals surface area (Å²) in [4.78, 5) is 26.3. The molecule has 0 aliphatic carbocycles. The molecule has 5 heterocycles. The quantitative estimate of drug-likeness (QED) is 0.167. The second kappa shape index (κ2) is 14.3. The average Bonchev–Trinajstić information content (AvgIpc) is 4.03. The first-order valence-corrected chi connectivity index (χ1v) is 22.5. The molecule has 0 aliphatic heterocycles. The second-order valence-corrected chi connectivity index (χ2v) is 17.8. The lowest BCUT2D eigenvalue weighted by Crippen LogP contribution is -2.00. The molecule has 0 aliphatic rings. The van der Waals surface area contributed by atoms with Crippen molar-refractivity contribution in [2.75, 3.05) is 0 Å². The highest BCUT2D eigenvalue weighted by molar-refractivity contribution is 7.26. The molecular formula is C55H32N6S2. The van der Waals surface area contributed by atoms with Crippen LogP contribution in [0.4, 0.5) is 0 Å². The summed E-state index contributed by atoms with van der Waals surface area (Å²) in [6, 6.07) is 67.8. The minimum Gasteiger partial charge on any atom is -0.309 e. The molecule has 63 heavy (non-hydrogen) atoms. The van der Waals surface area contributed by atoms with E-state index in [1.165, 1.54) is 19.5 Å². The van der Waals surface area contributed by atoms with Crippen LogP contribution in [0.1, 0.15) is 0 Å². The highest BCUT2D eigenvalue weighted by Gasteiger charge is 2.21. The van der Waals surface area contributed by atoms with Gasteiger partial charge in [0.15, 0.2) is 23.3 Å². The number of hydrogen-bond acceptors (Lipinski definition) is 7. The summed E-state index contributed by atoms with van der Waals surface area (Å²) in [7, 11) is 0. The third-order valence-corrected chi connectivity index (χ3v) is 14.2. The normalized spacial score (nSPS) is 11.8. The van der Waals surface area contributed by atoms with E-state index in [1.807, 2.05) is 24.3 Å². The van der Waals surface area contributed by atoms with Crippen molar-refractivity contribution in [3.63, 3.8) is 0 Å². The predicted molar refractivity (Wildman–Crippen MR) is 263 cm³/mol. The van der Waals surface area contributed by atoms with Crippen molar-refractivity contribution in [1.82, 2.24) is 29.5 Å². The van der Waals surface area contributed by atoms with Gasteiger partial charge in [0.05, 0.1) is 26.9 Å². The highest BCUT2D eigenvalue weighted by Crippen LogP contribution is 2.44. The average molecular weight is 841 g/mol. The maximum absolute atomic E-state index is 5.37. The number of thiophene rings is 2. The lowest BCUT2D eigenvalue weighted by molar-refractivity contribution is 1.07. The molecule has 294 valence electrons. The van der Waals surface area contributed by atoms with E-state index in [1.54, 1.807) is 22.7 Å². The molecule has 5 aromatic heterocycles. The van der Waals surface area contributed by atoms with Crippen molar-refractivity contribution in [3.05, 3.63) is 194 Å². The molecule has 8 aromatic carbocycles. The van der Waals surface area contributed by atoms with Crippen LogP contribution in [-0.2, 0) is 0 Å². The van der Waals surface area contributed by atoms with Gasteiger partial charge in [0, 0.05) is 74.5 Å². The molecule has 0 spiro atoms. The van der Waals surface area contributed by atoms with E-state index >= 15 is 0 Å². The molecule has 13 aromatic rings. The van der Waals surface area contributed by atoms with E-state index in [4.69, 9.17) is 24.9 Å². The Hall–Kier alpha value is -7.91. The smallest absolute Gasteiger partial charge is 0.164 e. The van der Waals surface area contributed by atoms with Gasteiger partial charge in [-0.05, 0) is 66.7 Å². The van der Waals surface area contributed by atoms with Gasteiger partial charge in [-0.3, -0.25) is 0 Å². The third kappa shape index (κ3) is 5.87. The number of hydrogen-bond donors (Lipinski definition) is 0. The maximum Gasteiger partial charge on any atom is 0.164 e. The second-order valence-electron chi connectivity index (χ2n) is 15.6. The largest absolute Gasteiger partial charge is 0.309 e. The summed E-state index contributed by atoms with van der Waals surface area (Å²) >= 11 is 3.53. The number of para-hydroxylation sites is 2. The Kier molecular flexibility index (Phi) is 8.15. The van der Waals surface area contributed by atoms with Gasteiger partial charge in [0.1, 0.15) is 0 Å². The van der Waals surface area contributed by atoms with Gasteiger partial charge in [-0.2, -0.15) is 0 Å². The van der Waals surface area contributed by atoms with Crippen LogP contribution >= 0.6 is 22.7 Å². The van der Waals surface area contributed by atoms with Crippen LogP contribution in [-0.4, -0.2) is 29.5 Å². The predicted octanol–water partition coefficient (Wildman–Crippen LogP) is 14.8. The molecule has 8 heteroatoms. The monoisotopic (exact) mass is 840 g/mol. The SMILES string of the molecule is c1ccc(-c2nc(-c3ccc4sc5cccc(-c6nc(-c7ccccc7)c7sc8ccccc8c7n6)c5c4c3)nc(-c3ccc4c(c3)c3ccccc3n4-c3ccccc3)n2)cc1. The third-order valence-electron chi connectivity index (χ3n) is 11.9. The molecule has 13 rings (SSSR count). The minimum absolute atomic E-state index is 0.609. The van der Waals surface area contributed by atoms with Gasteiger partial charge in [-0.15, -0.1) is 22.7 Å². The van der Waals surface area contributed by atoms with Crippen molar-refractivity contribution in [2.24, 2.45) is 0 Å². The minimum atomic E-state index is 0.609. The Balaban J connectivity index is 1.00. The van der Waals surface area contributed by atoms with Crippen LogP contribution in [0.5, 0.6) is 0 Å². The van der Waals surface area contributed by atoms with Crippen molar-refractivity contribution < 1.29 is 0 Å². The maximum atomic E-state index is 5.37. The van der Waals surface area contributed by atoms with E-state index < -0.39 is 0 Å². The lowest BCUT2D eigenvalue weighted by Gasteiger charge is -2.10. The topological polar surface area (TPSA) is 69.4 Å². The summed E-state index contributed by atoms with van der Waals surface area (Å²) < 4.78 is 6.96. The summed E-state index contributed by atoms with van der Waals surface area (Å²) in [6.07, 6.45) is 0. The fraction of sp³-hybridized carbons (Fsp3) is 0. The van der Waals surface area contributed by atoms with Gasteiger partial charge in [0.2, 0.25) is 0 Å². The molecule has 0 atom stereocenters. The summed E-state index contributed by atoms with van der Waals surface area (Å²) in [5, 5.41) is 5.69. The fourth-order valence-electron chi connectivity index (χ4n) is 8.97. The Morgan fingerprint density at radius 2 is 0.937 bits per heavy atom. The zero-order chi connectivity index (χ0) is 41.4. The first-order chi connectivity index (χ1) is 31.2. The number of rotatable bonds is 6. The Morgan fingerprint density at radius 3 is 1.71 bits per heavy atom. The van der Waals surface area contributed by atoms with Gasteiger partial charge in [0.25, 0.3) is 0 Å². The van der Waals surface area contributed by atoms with E-state index in [-0.39, 0.29) is 0 Å². The van der Waals surface area contributed by atoms with E-state index in [0.717, 1.165) is 82.0 Å². The zero-order valence-corrected chi connectivity index (χ0v) is 35.1. The van der Waals surface area contributed by atoms with Gasteiger partial charge in [-0.1, -0.05) is 127 Å². The zero-order valence-electron chi connectivity index (χ0n) is 33.5. The van der Waals surface area contributed by atoms with Crippen molar-refractivity contribution in [2.45, 2.75) is 0 Å². The lowest BCUT2D eigenvalue weighted by atomic mass is 10.0. The van der Waals surface area contributed by atoms with Crippen LogP contribution in [0, 0.1) is 0 Å². The molecule has 0 amide bonds. The highest BCUT2D eigenvalue weighted by atomic mass is 32.1. The molecule has 0 radical (unpaired) electrons. The number of fused-ring (bicyclic) bond motifs is 9. The van der Waals surface area contributed by atoms with Gasteiger partial charge >= 0.3 is 0 Å². The Labute approximate surface area is 369 Å². The van der Waals surface area contributed by atoms with E-state index in [0.29, 0.717) is 23.3 Å². The molecular weight excluding hydrogens is 809 g/mol. The van der Waals surface area contributed by atoms with E-state index in [2.05, 4.69) is 174 Å². The van der Waals surface area contributed by atoms with Crippen LogP contribution < -0.4 is 0 Å². The van der Waals surface area contributed by atoms with Crippen LogP contribution in [0.2, 0.25) is 0 Å². The van der Waals surface area contributed by atoms with Crippen LogP contribution in [0.25, 0.3) is 125 Å². The summed E-state index contributed by atoms with van der Waals surface area (Å²) in [5.41, 5.74) is 10.1. The molecule has 6 nitrogen and oxygen atoms in total. The molecule has 0 fully saturated rings. The fourth-order valence-corrected chi connectivity index (χ4v) is 11.2. The summed E-state index contributed by atoms with van der Waals surface area (Å²) in [6.45, 7) is 0. The number of nitrogens with zero attached hydrogens (tertiary/aromatic N) is 6. The van der Waals surface area contributed by atoms with Crippen molar-refractivity contribution in [3.8, 4) is 62.5 Å². The first kappa shape index (κ1) is 35.8. The first-order valence-electron chi connectivity index (χ1n) is 20.8. The molecule has 0 saturated carbocycles.